The number of carbonyl (C=O) groups excluding carboxylic acids is 1. The van der Waals surface area contributed by atoms with Crippen molar-refractivity contribution in [3.63, 3.8) is 0 Å². The summed E-state index contributed by atoms with van der Waals surface area (Å²) in [5.41, 5.74) is 7.04. The number of ether oxygens (including phenoxy) is 1. The monoisotopic (exact) mass is 452 g/mol. The zero-order valence-electron chi connectivity index (χ0n) is 19.2. The molecular weight excluding hydrogens is 428 g/mol. The average Bonchev–Trinajstić information content (AvgIpc) is 2.94. The Morgan fingerprint density at radius 2 is 0.914 bits per heavy atom. The molecule has 5 rings (SSSR count). The van der Waals surface area contributed by atoms with E-state index < -0.39 is 0 Å². The Morgan fingerprint density at radius 3 is 1.34 bits per heavy atom. The van der Waals surface area contributed by atoms with Crippen molar-refractivity contribution in [3.8, 4) is 44.9 Å². The van der Waals surface area contributed by atoms with E-state index in [-0.39, 0.29) is 0 Å². The van der Waals surface area contributed by atoms with E-state index >= 15 is 0 Å². The number of carbonyl (C=O) groups is 1. The summed E-state index contributed by atoms with van der Waals surface area (Å²) >= 11 is 0. The van der Waals surface area contributed by atoms with Gasteiger partial charge < -0.3 is 4.74 Å². The van der Waals surface area contributed by atoms with E-state index in [1.165, 1.54) is 0 Å². The number of hydrogen-bond donors (Lipinski definition) is 0. The van der Waals surface area contributed by atoms with Crippen LogP contribution >= 0.6 is 0 Å². The minimum atomic E-state index is 0.494. The van der Waals surface area contributed by atoms with Crippen LogP contribution in [0.2, 0.25) is 0 Å². The quantitative estimate of drug-likeness (QED) is 0.230. The Hall–Kier alpha value is -4.69. The summed E-state index contributed by atoms with van der Waals surface area (Å²) in [6.45, 7) is 4.14. The zero-order valence-corrected chi connectivity index (χ0v) is 19.2. The molecule has 0 fully saturated rings. The Kier molecular flexibility index (Phi) is 6.36. The van der Waals surface area contributed by atoms with Gasteiger partial charge in [0.15, 0.2) is 6.29 Å². The van der Waals surface area contributed by atoms with E-state index in [0.717, 1.165) is 45.2 Å². The molecule has 2 heteroatoms. The number of aldehydes is 1. The third-order valence-corrected chi connectivity index (χ3v) is 6.00. The van der Waals surface area contributed by atoms with Crippen LogP contribution in [0.15, 0.2) is 128 Å². The molecule has 0 saturated carbocycles. The van der Waals surface area contributed by atoms with Gasteiger partial charge in [-0.1, -0.05) is 122 Å². The summed E-state index contributed by atoms with van der Waals surface area (Å²) in [5, 5.41) is 0. The van der Waals surface area contributed by atoms with Gasteiger partial charge in [0.2, 0.25) is 0 Å². The van der Waals surface area contributed by atoms with Gasteiger partial charge in [0.1, 0.15) is 11.5 Å². The van der Waals surface area contributed by atoms with E-state index in [0.29, 0.717) is 17.1 Å². The molecule has 0 amide bonds. The van der Waals surface area contributed by atoms with Crippen LogP contribution in [0.5, 0.6) is 11.5 Å². The molecule has 0 aromatic heterocycles. The van der Waals surface area contributed by atoms with Crippen molar-refractivity contribution in [2.45, 2.75) is 0 Å². The molecule has 5 aromatic rings. The van der Waals surface area contributed by atoms with Crippen molar-refractivity contribution in [2.75, 3.05) is 0 Å². The fraction of sp³-hybridized carbons (Fsp3) is 0. The van der Waals surface area contributed by atoms with Crippen LogP contribution in [0.25, 0.3) is 39.5 Å². The zero-order chi connectivity index (χ0) is 24.0. The highest BCUT2D eigenvalue weighted by Crippen LogP contribution is 2.49. The minimum Gasteiger partial charge on any atom is -0.456 e. The van der Waals surface area contributed by atoms with Crippen LogP contribution in [0.3, 0.4) is 0 Å². The molecule has 2 nitrogen and oxygen atoms in total. The molecule has 0 heterocycles. The second-order valence-corrected chi connectivity index (χ2v) is 8.12. The van der Waals surface area contributed by atoms with Crippen molar-refractivity contribution >= 4 is 12.4 Å². The van der Waals surface area contributed by atoms with Crippen LogP contribution in [0.4, 0.5) is 0 Å². The van der Waals surface area contributed by atoms with Crippen molar-refractivity contribution in [3.05, 3.63) is 139 Å². The molecule has 0 N–H and O–H groups in total. The van der Waals surface area contributed by atoms with Crippen LogP contribution in [0, 0.1) is 0 Å². The smallest absolute Gasteiger partial charge is 0.154 e. The molecule has 35 heavy (non-hydrogen) atoms. The van der Waals surface area contributed by atoms with E-state index in [9.17, 15) is 4.79 Å². The number of rotatable bonds is 7. The van der Waals surface area contributed by atoms with Gasteiger partial charge in [-0.05, 0) is 34.4 Å². The van der Waals surface area contributed by atoms with E-state index in [2.05, 4.69) is 30.8 Å². The SMILES string of the molecule is C=Cc1c(Oc2ccccc2)c(C=O)c(-c2ccccc2)c(-c2ccccc2)c1-c1ccccc1. The molecule has 0 radical (unpaired) electrons. The van der Waals surface area contributed by atoms with Gasteiger partial charge in [-0.2, -0.15) is 0 Å². The van der Waals surface area contributed by atoms with Crippen molar-refractivity contribution < 1.29 is 9.53 Å². The first-order valence-electron chi connectivity index (χ1n) is 11.5. The average molecular weight is 453 g/mol. The van der Waals surface area contributed by atoms with Gasteiger partial charge in [0.05, 0.1) is 5.56 Å². The van der Waals surface area contributed by atoms with Crippen LogP contribution in [-0.4, -0.2) is 6.29 Å². The Balaban J connectivity index is 1.97. The van der Waals surface area contributed by atoms with Gasteiger partial charge in [-0.15, -0.1) is 0 Å². The highest BCUT2D eigenvalue weighted by atomic mass is 16.5. The molecule has 0 unspecified atom stereocenters. The van der Waals surface area contributed by atoms with Crippen LogP contribution < -0.4 is 4.74 Å². The summed E-state index contributed by atoms with van der Waals surface area (Å²) in [5.74, 6) is 1.16. The van der Waals surface area contributed by atoms with E-state index in [4.69, 9.17) is 4.74 Å². The number of para-hydroxylation sites is 1. The molecule has 0 saturated heterocycles. The maximum atomic E-state index is 12.8. The Bertz CT molecular complexity index is 1380. The maximum Gasteiger partial charge on any atom is 0.154 e. The van der Waals surface area contributed by atoms with E-state index in [1.54, 1.807) is 6.08 Å². The Labute approximate surface area is 205 Å². The van der Waals surface area contributed by atoms with Crippen molar-refractivity contribution in [2.24, 2.45) is 0 Å². The van der Waals surface area contributed by atoms with Gasteiger partial charge in [0, 0.05) is 16.7 Å². The van der Waals surface area contributed by atoms with Gasteiger partial charge in [-0.3, -0.25) is 4.79 Å². The van der Waals surface area contributed by atoms with Crippen LogP contribution in [0.1, 0.15) is 15.9 Å². The molecule has 168 valence electrons. The first kappa shape index (κ1) is 22.1. The molecule has 5 aromatic carbocycles. The lowest BCUT2D eigenvalue weighted by molar-refractivity contribution is 0.112. The molecule has 0 spiro atoms. The largest absolute Gasteiger partial charge is 0.456 e. The normalized spacial score (nSPS) is 10.5. The third kappa shape index (κ3) is 4.30. The summed E-state index contributed by atoms with van der Waals surface area (Å²) in [7, 11) is 0. The third-order valence-electron chi connectivity index (χ3n) is 6.00. The van der Waals surface area contributed by atoms with Gasteiger partial charge in [0.25, 0.3) is 0 Å². The molecule has 0 aliphatic heterocycles. The number of hydrogen-bond acceptors (Lipinski definition) is 2. The molecular formula is C33H24O2. The lowest BCUT2D eigenvalue weighted by atomic mass is 9.81. The van der Waals surface area contributed by atoms with Crippen molar-refractivity contribution in [1.82, 2.24) is 0 Å². The first-order valence-corrected chi connectivity index (χ1v) is 11.5. The summed E-state index contributed by atoms with van der Waals surface area (Å²) in [6.07, 6.45) is 2.68. The lowest BCUT2D eigenvalue weighted by Crippen LogP contribution is -2.03. The first-order chi connectivity index (χ1) is 17.3. The number of benzene rings is 5. The van der Waals surface area contributed by atoms with Crippen LogP contribution in [-0.2, 0) is 0 Å². The van der Waals surface area contributed by atoms with Gasteiger partial charge >= 0.3 is 0 Å². The fourth-order valence-corrected chi connectivity index (χ4v) is 4.49. The fourth-order valence-electron chi connectivity index (χ4n) is 4.49. The highest BCUT2D eigenvalue weighted by Gasteiger charge is 2.26. The minimum absolute atomic E-state index is 0.494. The summed E-state index contributed by atoms with van der Waals surface area (Å²) in [4.78, 5) is 12.8. The van der Waals surface area contributed by atoms with Gasteiger partial charge in [-0.25, -0.2) is 0 Å². The Morgan fingerprint density at radius 1 is 0.514 bits per heavy atom. The second kappa shape index (κ2) is 10.1. The summed E-state index contributed by atoms with van der Waals surface area (Å²) < 4.78 is 6.44. The second-order valence-electron chi connectivity index (χ2n) is 8.12. The molecule has 0 aliphatic carbocycles. The topological polar surface area (TPSA) is 26.3 Å². The highest BCUT2D eigenvalue weighted by molar-refractivity contribution is 6.07. The standard InChI is InChI=1S/C33H24O2/c1-2-28-30(24-15-7-3-8-16-24)32(26-19-11-5-12-20-26)31(25-17-9-4-10-18-25)29(23-34)33(28)35-27-21-13-6-14-22-27/h2-23H,1H2. The molecule has 0 atom stereocenters. The summed E-state index contributed by atoms with van der Waals surface area (Å²) in [6, 6.07) is 39.9. The maximum absolute atomic E-state index is 12.8. The predicted octanol–water partition coefficient (Wildman–Crippen LogP) is 8.94. The lowest BCUT2D eigenvalue weighted by Gasteiger charge is -2.24. The van der Waals surface area contributed by atoms with Crippen molar-refractivity contribution in [1.29, 1.82) is 0 Å². The molecule has 0 aliphatic rings. The predicted molar refractivity (Wildman–Crippen MR) is 145 cm³/mol. The van der Waals surface area contributed by atoms with E-state index in [1.807, 2.05) is 97.1 Å². The molecule has 0 bridgehead atoms.